The molecule has 1 N–H and O–H groups in total. The zero-order chi connectivity index (χ0) is 17.4. The van der Waals surface area contributed by atoms with Gasteiger partial charge in [-0.2, -0.15) is 0 Å². The maximum Gasteiger partial charge on any atom is 0.165 e. The number of rotatable bonds is 2. The molecule has 25 heavy (non-hydrogen) atoms. The molecule has 130 valence electrons. The molecule has 1 fully saturated rings. The van der Waals surface area contributed by atoms with E-state index in [-0.39, 0.29) is 6.04 Å². The van der Waals surface area contributed by atoms with Gasteiger partial charge < -0.3 is 14.6 Å². The summed E-state index contributed by atoms with van der Waals surface area (Å²) in [6, 6.07) is 3.54. The van der Waals surface area contributed by atoms with Gasteiger partial charge in [0, 0.05) is 16.5 Å². The van der Waals surface area contributed by atoms with Gasteiger partial charge in [-0.1, -0.05) is 23.3 Å². The van der Waals surface area contributed by atoms with Crippen molar-refractivity contribution in [1.29, 1.82) is 0 Å². The summed E-state index contributed by atoms with van der Waals surface area (Å²) in [5.41, 5.74) is 9.58. The van der Waals surface area contributed by atoms with E-state index in [1.807, 2.05) is 12.1 Å². The highest BCUT2D eigenvalue weighted by molar-refractivity contribution is 5.64. The van der Waals surface area contributed by atoms with Crippen LogP contribution in [0, 0.1) is 0 Å². The summed E-state index contributed by atoms with van der Waals surface area (Å²) in [6.45, 7) is 0.861. The first-order valence-corrected chi connectivity index (χ1v) is 8.60. The lowest BCUT2D eigenvalue weighted by molar-refractivity contribution is -0.136. The quantitative estimate of drug-likeness (QED) is 0.385. The lowest BCUT2D eigenvalue weighted by Crippen LogP contribution is -2.75. The lowest BCUT2D eigenvalue weighted by Gasteiger charge is -2.61. The smallest absolute Gasteiger partial charge is 0.165 e. The van der Waals surface area contributed by atoms with Gasteiger partial charge in [-0.15, -0.1) is 0 Å². The van der Waals surface area contributed by atoms with Crippen LogP contribution in [0.3, 0.4) is 0 Å². The van der Waals surface area contributed by atoms with Crippen molar-refractivity contribution in [3.8, 4) is 11.5 Å². The second kappa shape index (κ2) is 4.69. The summed E-state index contributed by atoms with van der Waals surface area (Å²) in [6.07, 6.45) is 4.74. The summed E-state index contributed by atoms with van der Waals surface area (Å²) in [5, 5.41) is 15.8. The van der Waals surface area contributed by atoms with Crippen molar-refractivity contribution in [3.05, 3.63) is 45.9 Å². The Morgan fingerprint density at radius 1 is 1.48 bits per heavy atom. The van der Waals surface area contributed by atoms with Crippen LogP contribution in [0.4, 0.5) is 0 Å². The highest BCUT2D eigenvalue weighted by Gasteiger charge is 2.71. The van der Waals surface area contributed by atoms with Gasteiger partial charge in [0.1, 0.15) is 11.7 Å². The van der Waals surface area contributed by atoms with E-state index in [0.717, 1.165) is 24.9 Å². The van der Waals surface area contributed by atoms with Gasteiger partial charge >= 0.3 is 0 Å². The molecule has 0 aromatic heterocycles. The highest BCUT2D eigenvalue weighted by Crippen LogP contribution is 2.64. The van der Waals surface area contributed by atoms with E-state index in [9.17, 15) is 5.11 Å². The van der Waals surface area contributed by atoms with Gasteiger partial charge in [-0.05, 0) is 43.6 Å². The van der Waals surface area contributed by atoms with Crippen molar-refractivity contribution in [3.63, 3.8) is 0 Å². The molecule has 7 nitrogen and oxygen atoms in total. The zero-order valence-corrected chi connectivity index (χ0v) is 14.2. The van der Waals surface area contributed by atoms with Crippen molar-refractivity contribution in [1.82, 2.24) is 4.90 Å². The van der Waals surface area contributed by atoms with Crippen LogP contribution in [-0.4, -0.2) is 54.5 Å². The van der Waals surface area contributed by atoms with Crippen LogP contribution in [0.15, 0.2) is 29.4 Å². The number of ether oxygens (including phenoxy) is 2. The molecule has 0 unspecified atom stereocenters. The molecule has 1 spiro atoms. The molecular formula is C18H20N4O3. The van der Waals surface area contributed by atoms with Crippen LogP contribution in [0.25, 0.3) is 10.4 Å². The van der Waals surface area contributed by atoms with E-state index in [1.165, 1.54) is 5.56 Å². The monoisotopic (exact) mass is 340 g/mol. The third kappa shape index (κ3) is 1.53. The Kier molecular flexibility index (Phi) is 2.83. The molecule has 1 aromatic carbocycles. The molecule has 7 heteroatoms. The van der Waals surface area contributed by atoms with Crippen molar-refractivity contribution < 1.29 is 14.6 Å². The number of piperidine rings is 1. The van der Waals surface area contributed by atoms with Crippen molar-refractivity contribution in [2.24, 2.45) is 5.11 Å². The van der Waals surface area contributed by atoms with Gasteiger partial charge in [0.05, 0.1) is 18.6 Å². The molecule has 1 aromatic rings. The topological polar surface area (TPSA) is 90.7 Å². The minimum Gasteiger partial charge on any atom is -0.493 e. The normalized spacial score (nSPS) is 40.0. The predicted molar refractivity (Wildman–Crippen MR) is 90.9 cm³/mol. The molecule has 2 heterocycles. The summed E-state index contributed by atoms with van der Waals surface area (Å²) < 4.78 is 11.9. The van der Waals surface area contributed by atoms with E-state index >= 15 is 0 Å². The first-order chi connectivity index (χ1) is 12.1. The molecule has 0 radical (unpaired) electrons. The summed E-state index contributed by atoms with van der Waals surface area (Å²) in [7, 11) is 3.68. The third-order valence-corrected chi connectivity index (χ3v) is 6.67. The first-order valence-electron chi connectivity index (χ1n) is 8.60. The maximum atomic E-state index is 11.8. The summed E-state index contributed by atoms with van der Waals surface area (Å²) in [5.74, 6) is 1.37. The van der Waals surface area contributed by atoms with Crippen LogP contribution >= 0.6 is 0 Å². The van der Waals surface area contributed by atoms with Crippen LogP contribution in [0.2, 0.25) is 0 Å². The molecule has 2 bridgehead atoms. The van der Waals surface area contributed by atoms with Gasteiger partial charge in [0.25, 0.3) is 0 Å². The van der Waals surface area contributed by atoms with E-state index in [4.69, 9.17) is 15.0 Å². The third-order valence-electron chi connectivity index (χ3n) is 6.67. The number of hydrogen-bond donors (Lipinski definition) is 1. The average Bonchev–Trinajstić information content (AvgIpc) is 2.96. The van der Waals surface area contributed by atoms with Crippen LogP contribution in [0.1, 0.15) is 17.5 Å². The van der Waals surface area contributed by atoms with E-state index in [2.05, 4.69) is 28.0 Å². The summed E-state index contributed by atoms with van der Waals surface area (Å²) in [4.78, 5) is 5.23. The minimum atomic E-state index is -1.04. The Morgan fingerprint density at radius 3 is 3.08 bits per heavy atom. The number of benzene rings is 1. The molecule has 1 saturated heterocycles. The second-order valence-electron chi connectivity index (χ2n) is 7.47. The SMILES string of the molecule is COc1ccc2c3c1O[C@H]1[C@H](N=[N+]=[N-])C=C[C@@]4(O)[C@@H](C2)N(C)CC[C@]314. The molecular weight excluding hydrogens is 320 g/mol. The van der Waals surface area contributed by atoms with E-state index < -0.39 is 23.2 Å². The highest BCUT2D eigenvalue weighted by atomic mass is 16.5. The Balaban J connectivity index is 1.85. The molecule has 2 aliphatic heterocycles. The summed E-state index contributed by atoms with van der Waals surface area (Å²) >= 11 is 0. The molecule has 2 aliphatic carbocycles. The second-order valence-corrected chi connectivity index (χ2v) is 7.47. The van der Waals surface area contributed by atoms with E-state index in [0.29, 0.717) is 11.5 Å². The van der Waals surface area contributed by atoms with Crippen LogP contribution in [0.5, 0.6) is 11.5 Å². The molecule has 0 amide bonds. The van der Waals surface area contributed by atoms with Crippen molar-refractivity contribution in [2.75, 3.05) is 20.7 Å². The van der Waals surface area contributed by atoms with Crippen molar-refractivity contribution >= 4 is 0 Å². The molecule has 5 rings (SSSR count). The average molecular weight is 340 g/mol. The molecule has 5 atom stereocenters. The molecule has 0 saturated carbocycles. The van der Waals surface area contributed by atoms with Gasteiger partial charge in [-0.3, -0.25) is 4.90 Å². The fraction of sp³-hybridized carbons (Fsp3) is 0.556. The Bertz CT molecular complexity index is 849. The minimum absolute atomic E-state index is 0.0255. The fourth-order valence-electron chi connectivity index (χ4n) is 5.59. The number of likely N-dealkylation sites (N-methyl/N-ethyl adjacent to an activating group) is 1. The Labute approximate surface area is 145 Å². The van der Waals surface area contributed by atoms with E-state index in [1.54, 1.807) is 13.2 Å². The Hall–Kier alpha value is -2.21. The number of nitrogens with zero attached hydrogens (tertiary/aromatic N) is 4. The standard InChI is InChI=1S/C18H20N4O3/c1-22-8-7-17-14-10-3-4-12(24-2)15(14)25-16(17)11(20-21-19)5-6-18(17,23)13(22)9-10/h3-6,11,13,16,23H,7-9H2,1-2H3/t11-,13-,16+,17+,18-/m1/s1. The van der Waals surface area contributed by atoms with Crippen LogP contribution < -0.4 is 9.47 Å². The zero-order valence-electron chi connectivity index (χ0n) is 14.2. The number of likely N-dealkylation sites (tertiary alicyclic amines) is 1. The van der Waals surface area contributed by atoms with Crippen LogP contribution in [-0.2, 0) is 11.8 Å². The first kappa shape index (κ1) is 15.1. The largest absolute Gasteiger partial charge is 0.493 e. The van der Waals surface area contributed by atoms with Gasteiger partial charge in [-0.25, -0.2) is 0 Å². The predicted octanol–water partition coefficient (Wildman–Crippen LogP) is 1.93. The lowest BCUT2D eigenvalue weighted by atomic mass is 9.50. The molecule has 4 aliphatic rings. The number of methoxy groups -OCH3 is 1. The number of aliphatic hydroxyl groups is 1. The fourth-order valence-corrected chi connectivity index (χ4v) is 5.59. The van der Waals surface area contributed by atoms with Gasteiger partial charge in [0.2, 0.25) is 0 Å². The van der Waals surface area contributed by atoms with Crippen molar-refractivity contribution in [2.45, 2.75) is 42.0 Å². The van der Waals surface area contributed by atoms with Gasteiger partial charge in [0.15, 0.2) is 11.5 Å². The Morgan fingerprint density at radius 2 is 2.32 bits per heavy atom. The number of azide groups is 1. The number of hydrogen-bond acceptors (Lipinski definition) is 5. The maximum absolute atomic E-state index is 11.8.